The van der Waals surface area contributed by atoms with Crippen molar-refractivity contribution in [1.82, 2.24) is 9.97 Å². The van der Waals surface area contributed by atoms with Crippen molar-refractivity contribution in [3.8, 4) is 0 Å². The molecule has 0 saturated heterocycles. The summed E-state index contributed by atoms with van der Waals surface area (Å²) in [5, 5.41) is 10.0. The van der Waals surface area contributed by atoms with E-state index in [1.807, 2.05) is 0 Å². The highest BCUT2D eigenvalue weighted by Crippen LogP contribution is 2.06. The van der Waals surface area contributed by atoms with Crippen LogP contribution < -0.4 is 0 Å². The highest BCUT2D eigenvalue weighted by atomic mass is 35.5. The summed E-state index contributed by atoms with van der Waals surface area (Å²) in [7, 11) is 0. The lowest BCUT2D eigenvalue weighted by Gasteiger charge is -1.84. The van der Waals surface area contributed by atoms with Gasteiger partial charge < -0.3 is 10.1 Å². The van der Waals surface area contributed by atoms with Crippen LogP contribution in [0.3, 0.4) is 0 Å². The molecule has 0 aliphatic heterocycles. The van der Waals surface area contributed by atoms with Crippen molar-refractivity contribution in [3.63, 3.8) is 0 Å². The summed E-state index contributed by atoms with van der Waals surface area (Å²) in [5.41, 5.74) is 0. The van der Waals surface area contributed by atoms with Gasteiger partial charge in [-0.25, -0.2) is 9.97 Å². The van der Waals surface area contributed by atoms with Crippen LogP contribution in [-0.2, 0) is 5.88 Å². The molecule has 1 heterocycles. The smallest absolute Gasteiger partial charge is 0.340 e. The normalized spacial score (nSPS) is 9.70. The van der Waals surface area contributed by atoms with Crippen molar-refractivity contribution in [2.24, 2.45) is 0 Å². The molecule has 0 aromatic carbocycles. The Labute approximate surface area is 61.2 Å². The first kappa shape index (κ1) is 7.01. The van der Waals surface area contributed by atoms with Crippen LogP contribution in [0, 0.1) is 10.1 Å². The average Bonchev–Trinajstić information content (AvgIpc) is 2.34. The Balaban J connectivity index is 2.88. The standard InChI is InChI=1S/C4H4ClN3O2/c5-1-3-6-2-4(7-3)8(9)10/h2H,1H2,(H,6,7). The van der Waals surface area contributed by atoms with Crippen molar-refractivity contribution < 1.29 is 4.92 Å². The molecule has 0 saturated carbocycles. The summed E-state index contributed by atoms with van der Waals surface area (Å²) >= 11 is 5.33. The van der Waals surface area contributed by atoms with Gasteiger partial charge in [-0.05, 0) is 4.92 Å². The number of alkyl halides is 1. The van der Waals surface area contributed by atoms with E-state index >= 15 is 0 Å². The maximum absolute atomic E-state index is 10.0. The predicted octanol–water partition coefficient (Wildman–Crippen LogP) is 1.06. The van der Waals surface area contributed by atoms with E-state index in [0.717, 1.165) is 6.20 Å². The molecule has 0 aliphatic rings. The average molecular weight is 162 g/mol. The first-order valence-corrected chi connectivity index (χ1v) is 3.01. The number of nitro groups is 1. The summed E-state index contributed by atoms with van der Waals surface area (Å²) in [6.07, 6.45) is 1.14. The predicted molar refractivity (Wildman–Crippen MR) is 34.8 cm³/mol. The van der Waals surface area contributed by atoms with Crippen LogP contribution in [0.4, 0.5) is 5.82 Å². The number of rotatable bonds is 2. The number of imidazole rings is 1. The minimum atomic E-state index is -0.553. The maximum atomic E-state index is 10.0. The van der Waals surface area contributed by atoms with Crippen LogP contribution in [-0.4, -0.2) is 14.9 Å². The molecule has 0 radical (unpaired) electrons. The zero-order valence-corrected chi connectivity index (χ0v) is 5.63. The van der Waals surface area contributed by atoms with Crippen molar-refractivity contribution in [3.05, 3.63) is 22.1 Å². The zero-order chi connectivity index (χ0) is 7.56. The maximum Gasteiger partial charge on any atom is 0.340 e. The molecule has 0 amide bonds. The van der Waals surface area contributed by atoms with E-state index in [1.165, 1.54) is 0 Å². The van der Waals surface area contributed by atoms with Crippen LogP contribution in [0.15, 0.2) is 6.20 Å². The second-order valence-corrected chi connectivity index (χ2v) is 1.87. The first-order valence-electron chi connectivity index (χ1n) is 2.48. The van der Waals surface area contributed by atoms with Crippen molar-refractivity contribution in [2.75, 3.05) is 0 Å². The van der Waals surface area contributed by atoms with E-state index in [-0.39, 0.29) is 11.7 Å². The number of halogens is 1. The molecule has 0 bridgehead atoms. The highest BCUT2D eigenvalue weighted by molar-refractivity contribution is 6.16. The molecular weight excluding hydrogens is 158 g/mol. The Morgan fingerprint density at radius 1 is 1.90 bits per heavy atom. The fourth-order valence-corrected chi connectivity index (χ4v) is 0.648. The third kappa shape index (κ3) is 1.24. The van der Waals surface area contributed by atoms with Crippen LogP contribution >= 0.6 is 11.6 Å². The lowest BCUT2D eigenvalue weighted by Crippen LogP contribution is -1.87. The van der Waals surface area contributed by atoms with Gasteiger partial charge in [0.05, 0.1) is 0 Å². The number of aromatic amines is 1. The number of aromatic nitrogens is 2. The van der Waals surface area contributed by atoms with Crippen LogP contribution in [0.2, 0.25) is 0 Å². The minimum Gasteiger partial charge on any atom is -0.358 e. The summed E-state index contributed by atoms with van der Waals surface area (Å²) in [5.74, 6) is 0.442. The Bertz CT molecular complexity index is 246. The Morgan fingerprint density at radius 2 is 2.60 bits per heavy atom. The van der Waals surface area contributed by atoms with E-state index in [0.29, 0.717) is 5.82 Å². The van der Waals surface area contributed by atoms with Crippen molar-refractivity contribution in [1.29, 1.82) is 0 Å². The van der Waals surface area contributed by atoms with Gasteiger partial charge in [-0.1, -0.05) is 0 Å². The number of hydrogen-bond donors (Lipinski definition) is 1. The summed E-state index contributed by atoms with van der Waals surface area (Å²) < 4.78 is 0. The van der Waals surface area contributed by atoms with E-state index in [1.54, 1.807) is 0 Å². The number of hydrogen-bond acceptors (Lipinski definition) is 3. The van der Waals surface area contributed by atoms with Gasteiger partial charge in [-0.15, -0.1) is 11.6 Å². The molecule has 1 N–H and O–H groups in total. The molecule has 1 aromatic heterocycles. The molecule has 10 heavy (non-hydrogen) atoms. The molecule has 0 spiro atoms. The Morgan fingerprint density at radius 3 is 2.90 bits per heavy atom. The van der Waals surface area contributed by atoms with E-state index in [4.69, 9.17) is 11.6 Å². The molecule has 1 aromatic rings. The zero-order valence-electron chi connectivity index (χ0n) is 4.87. The summed E-state index contributed by atoms with van der Waals surface area (Å²) in [6.45, 7) is 0. The lowest BCUT2D eigenvalue weighted by molar-refractivity contribution is -0.389. The third-order valence-corrected chi connectivity index (χ3v) is 1.19. The Hall–Kier alpha value is -1.10. The van der Waals surface area contributed by atoms with Gasteiger partial charge in [-0.3, -0.25) is 0 Å². The van der Waals surface area contributed by atoms with Gasteiger partial charge in [0.25, 0.3) is 0 Å². The van der Waals surface area contributed by atoms with Crippen LogP contribution in [0.1, 0.15) is 5.82 Å². The second kappa shape index (κ2) is 2.66. The molecule has 54 valence electrons. The van der Waals surface area contributed by atoms with Crippen molar-refractivity contribution in [2.45, 2.75) is 5.88 Å². The second-order valence-electron chi connectivity index (χ2n) is 1.61. The molecule has 0 fully saturated rings. The lowest BCUT2D eigenvalue weighted by atomic mass is 10.7. The first-order chi connectivity index (χ1) is 4.74. The summed E-state index contributed by atoms with van der Waals surface area (Å²) in [6, 6.07) is 0. The van der Waals surface area contributed by atoms with Gasteiger partial charge in [0.1, 0.15) is 12.1 Å². The number of nitrogens with zero attached hydrogens (tertiary/aromatic N) is 2. The molecule has 0 unspecified atom stereocenters. The number of nitrogens with one attached hydrogen (secondary N) is 1. The molecule has 5 nitrogen and oxygen atoms in total. The van der Waals surface area contributed by atoms with Crippen molar-refractivity contribution >= 4 is 17.4 Å². The quantitative estimate of drug-likeness (QED) is 0.400. The van der Waals surface area contributed by atoms with E-state index < -0.39 is 4.92 Å². The van der Waals surface area contributed by atoms with E-state index in [9.17, 15) is 10.1 Å². The van der Waals surface area contributed by atoms with Gasteiger partial charge >= 0.3 is 5.82 Å². The van der Waals surface area contributed by atoms with Gasteiger partial charge in [-0.2, -0.15) is 0 Å². The fraction of sp³-hybridized carbons (Fsp3) is 0.250. The molecule has 1 rings (SSSR count). The summed E-state index contributed by atoms with van der Waals surface area (Å²) in [4.78, 5) is 15.5. The molecular formula is C4H4ClN3O2. The minimum absolute atomic E-state index is 0.129. The van der Waals surface area contributed by atoms with Crippen LogP contribution in [0.5, 0.6) is 0 Å². The fourth-order valence-electron chi connectivity index (χ4n) is 0.512. The van der Waals surface area contributed by atoms with Gasteiger partial charge in [0, 0.05) is 0 Å². The third-order valence-electron chi connectivity index (χ3n) is 0.938. The monoisotopic (exact) mass is 161 g/mol. The molecule has 0 atom stereocenters. The SMILES string of the molecule is O=[N+]([O-])c1cnc(CCl)[nH]1. The largest absolute Gasteiger partial charge is 0.358 e. The molecule has 6 heteroatoms. The number of H-pyrrole nitrogens is 1. The van der Waals surface area contributed by atoms with E-state index in [2.05, 4.69) is 9.97 Å². The van der Waals surface area contributed by atoms with Gasteiger partial charge in [0.15, 0.2) is 0 Å². The van der Waals surface area contributed by atoms with Crippen LogP contribution in [0.25, 0.3) is 0 Å². The highest BCUT2D eigenvalue weighted by Gasteiger charge is 2.07. The van der Waals surface area contributed by atoms with Gasteiger partial charge in [0.2, 0.25) is 5.82 Å². The molecule has 0 aliphatic carbocycles. The Kier molecular flexibility index (Phi) is 1.86. The topological polar surface area (TPSA) is 71.8 Å².